The number of carbonyl (C=O) groups excluding carboxylic acids is 2. The van der Waals surface area contributed by atoms with Crippen LogP contribution in [-0.2, 0) is 32.2 Å². The van der Waals surface area contributed by atoms with Crippen molar-refractivity contribution in [2.75, 3.05) is 26.2 Å². The zero-order valence-electron chi connectivity index (χ0n) is 27.1. The standard InChI is InChI=1S/C37H42F3N3O6/c38-37(39,40)36(47)43-18-4-8-32(43)34(46)41-20-28-5-1-2-7-31(28)25-13-15-27(16-14-25)35-48-30(21-42-17-3-6-29(42)23-45)19-33(49-35)26-11-9-24(22-44)10-12-26/h1-2,5,7,9-16,29-30,32-33,35,44-45H,3-4,6,8,17-23H2,(H,41,46)/t29-,30-,32-,33+,35+/m0/s1. The van der Waals surface area contributed by atoms with E-state index in [2.05, 4.69) is 10.2 Å². The highest BCUT2D eigenvalue weighted by Crippen LogP contribution is 2.39. The van der Waals surface area contributed by atoms with E-state index in [9.17, 15) is 33.0 Å². The number of hydrogen-bond donors (Lipinski definition) is 3. The van der Waals surface area contributed by atoms with Gasteiger partial charge in [-0.15, -0.1) is 0 Å². The molecule has 262 valence electrons. The number of nitrogens with zero attached hydrogens (tertiary/aromatic N) is 2. The number of aliphatic hydroxyl groups is 2. The molecule has 3 saturated heterocycles. The summed E-state index contributed by atoms with van der Waals surface area (Å²) in [6.07, 6.45) is -2.91. The van der Waals surface area contributed by atoms with Crippen LogP contribution in [-0.4, -0.2) is 82.4 Å². The van der Waals surface area contributed by atoms with Crippen LogP contribution in [0.1, 0.15) is 66.8 Å². The zero-order valence-corrected chi connectivity index (χ0v) is 27.1. The summed E-state index contributed by atoms with van der Waals surface area (Å²) in [6, 6.07) is 21.9. The maximum Gasteiger partial charge on any atom is 0.471 e. The predicted molar refractivity (Wildman–Crippen MR) is 175 cm³/mol. The summed E-state index contributed by atoms with van der Waals surface area (Å²) < 4.78 is 52.2. The smallest absolute Gasteiger partial charge is 0.395 e. The largest absolute Gasteiger partial charge is 0.471 e. The van der Waals surface area contributed by atoms with Crippen LogP contribution in [0.15, 0.2) is 72.8 Å². The number of hydrogen-bond acceptors (Lipinski definition) is 7. The molecule has 3 aliphatic heterocycles. The Morgan fingerprint density at radius 2 is 1.59 bits per heavy atom. The van der Waals surface area contributed by atoms with Crippen molar-refractivity contribution in [3.63, 3.8) is 0 Å². The average molecular weight is 682 g/mol. The highest BCUT2D eigenvalue weighted by molar-refractivity contribution is 5.90. The van der Waals surface area contributed by atoms with Crippen molar-refractivity contribution in [2.45, 2.75) is 82.0 Å². The van der Waals surface area contributed by atoms with E-state index in [4.69, 9.17) is 9.47 Å². The van der Waals surface area contributed by atoms with Crippen LogP contribution in [0, 0.1) is 0 Å². The van der Waals surface area contributed by atoms with Gasteiger partial charge in [-0.2, -0.15) is 13.2 Å². The minimum atomic E-state index is -5.03. The minimum Gasteiger partial charge on any atom is -0.395 e. The summed E-state index contributed by atoms with van der Waals surface area (Å²) >= 11 is 0. The van der Waals surface area contributed by atoms with Gasteiger partial charge in [-0.25, -0.2) is 0 Å². The van der Waals surface area contributed by atoms with Crippen LogP contribution in [0.4, 0.5) is 13.2 Å². The number of benzene rings is 3. The Labute approximate surface area is 283 Å². The first-order valence-corrected chi connectivity index (χ1v) is 16.8. The summed E-state index contributed by atoms with van der Waals surface area (Å²) in [5.74, 6) is -2.60. The van der Waals surface area contributed by atoms with E-state index in [1.165, 1.54) is 0 Å². The van der Waals surface area contributed by atoms with Crippen LogP contribution in [0.5, 0.6) is 0 Å². The van der Waals surface area contributed by atoms with Crippen molar-refractivity contribution < 1.29 is 42.4 Å². The average Bonchev–Trinajstić information content (AvgIpc) is 3.80. The number of amides is 2. The number of ether oxygens (including phenoxy) is 2. The second-order valence-electron chi connectivity index (χ2n) is 13.0. The molecule has 6 rings (SSSR count). The lowest BCUT2D eigenvalue weighted by Gasteiger charge is -2.38. The topological polar surface area (TPSA) is 112 Å². The van der Waals surface area contributed by atoms with Crippen molar-refractivity contribution in [3.8, 4) is 11.1 Å². The zero-order chi connectivity index (χ0) is 34.5. The van der Waals surface area contributed by atoms with Gasteiger partial charge in [0.05, 0.1) is 25.4 Å². The first-order valence-electron chi connectivity index (χ1n) is 16.8. The number of carbonyl (C=O) groups is 2. The number of rotatable bonds is 10. The molecular formula is C37H42F3N3O6. The Kier molecular flexibility index (Phi) is 11.0. The second kappa shape index (κ2) is 15.4. The number of nitrogens with one attached hydrogen (secondary N) is 1. The molecule has 0 bridgehead atoms. The number of halogens is 3. The van der Waals surface area contributed by atoms with Gasteiger partial charge in [0, 0.05) is 37.7 Å². The SMILES string of the molecule is O=C(NCc1ccccc1-c1ccc([C@@H]2O[C@H](CN3CCC[C@H]3CO)C[C@H](c3ccc(CO)cc3)O2)cc1)[C@@H]1CCCN1C(=O)C(F)(F)F. The Hall–Kier alpha value is -3.81. The van der Waals surface area contributed by atoms with Crippen molar-refractivity contribution in [2.24, 2.45) is 0 Å². The van der Waals surface area contributed by atoms with Gasteiger partial charge in [0.25, 0.3) is 0 Å². The maximum absolute atomic E-state index is 13.1. The fourth-order valence-corrected chi connectivity index (χ4v) is 7.16. The normalized spacial score (nSPS) is 24.7. The molecule has 0 unspecified atom stereocenters. The Morgan fingerprint density at radius 3 is 2.31 bits per heavy atom. The van der Waals surface area contributed by atoms with Gasteiger partial charge in [-0.1, -0.05) is 72.8 Å². The number of aliphatic hydroxyl groups excluding tert-OH is 2. The molecule has 0 radical (unpaired) electrons. The summed E-state index contributed by atoms with van der Waals surface area (Å²) in [4.78, 5) is 27.7. The quantitative estimate of drug-likeness (QED) is 0.276. The lowest BCUT2D eigenvalue weighted by Crippen LogP contribution is -2.50. The highest BCUT2D eigenvalue weighted by Gasteiger charge is 2.47. The highest BCUT2D eigenvalue weighted by atomic mass is 19.4. The van der Waals surface area contributed by atoms with E-state index < -0.39 is 30.3 Å². The van der Waals surface area contributed by atoms with Crippen LogP contribution in [0.3, 0.4) is 0 Å². The summed E-state index contributed by atoms with van der Waals surface area (Å²) in [5, 5.41) is 22.1. The fourth-order valence-electron chi connectivity index (χ4n) is 7.16. The van der Waals surface area contributed by atoms with Gasteiger partial charge in [-0.3, -0.25) is 14.5 Å². The lowest BCUT2D eigenvalue weighted by molar-refractivity contribution is -0.253. The second-order valence-corrected chi connectivity index (χ2v) is 13.0. The molecule has 0 aliphatic carbocycles. The van der Waals surface area contributed by atoms with Gasteiger partial charge >= 0.3 is 12.1 Å². The molecule has 3 N–H and O–H groups in total. The van der Waals surface area contributed by atoms with E-state index in [0.717, 1.165) is 52.8 Å². The van der Waals surface area contributed by atoms with Gasteiger partial charge in [0.15, 0.2) is 6.29 Å². The first-order chi connectivity index (χ1) is 23.6. The Balaban J connectivity index is 1.16. The molecule has 0 spiro atoms. The van der Waals surface area contributed by atoms with Gasteiger partial charge < -0.3 is 29.9 Å². The number of likely N-dealkylation sites (tertiary alicyclic amines) is 2. The molecule has 3 fully saturated rings. The van der Waals surface area contributed by atoms with Crippen LogP contribution >= 0.6 is 0 Å². The van der Waals surface area contributed by atoms with Crippen LogP contribution < -0.4 is 5.32 Å². The fraction of sp³-hybridized carbons (Fsp3) is 0.459. The third-order valence-corrected chi connectivity index (χ3v) is 9.79. The number of alkyl halides is 3. The molecule has 0 aromatic heterocycles. The van der Waals surface area contributed by atoms with E-state index in [-0.39, 0.29) is 51.0 Å². The molecule has 3 aromatic carbocycles. The molecule has 3 aliphatic rings. The van der Waals surface area contributed by atoms with Gasteiger partial charge in [0.1, 0.15) is 6.04 Å². The van der Waals surface area contributed by atoms with E-state index in [0.29, 0.717) is 24.3 Å². The van der Waals surface area contributed by atoms with E-state index in [1.807, 2.05) is 72.8 Å². The van der Waals surface area contributed by atoms with Crippen molar-refractivity contribution >= 4 is 11.8 Å². The van der Waals surface area contributed by atoms with E-state index in [1.54, 1.807) is 0 Å². The molecular weight excluding hydrogens is 639 g/mol. The van der Waals surface area contributed by atoms with Gasteiger partial charge in [0.2, 0.25) is 5.91 Å². The van der Waals surface area contributed by atoms with Crippen molar-refractivity contribution in [3.05, 3.63) is 95.1 Å². The Bertz CT molecular complexity index is 1590. The van der Waals surface area contributed by atoms with Crippen molar-refractivity contribution in [1.29, 1.82) is 0 Å². The lowest BCUT2D eigenvalue weighted by atomic mass is 9.97. The maximum atomic E-state index is 13.1. The predicted octanol–water partition coefficient (Wildman–Crippen LogP) is 5.02. The first kappa shape index (κ1) is 35.0. The molecule has 3 aromatic rings. The van der Waals surface area contributed by atoms with Crippen LogP contribution in [0.2, 0.25) is 0 Å². The van der Waals surface area contributed by atoms with Gasteiger partial charge in [-0.05, 0) is 60.0 Å². The monoisotopic (exact) mass is 681 g/mol. The molecule has 3 heterocycles. The van der Waals surface area contributed by atoms with Crippen LogP contribution in [0.25, 0.3) is 11.1 Å². The molecule has 49 heavy (non-hydrogen) atoms. The Morgan fingerprint density at radius 1 is 0.878 bits per heavy atom. The summed E-state index contributed by atoms with van der Waals surface area (Å²) in [5.41, 5.74) is 5.13. The van der Waals surface area contributed by atoms with Crippen molar-refractivity contribution in [1.82, 2.24) is 15.1 Å². The molecule has 0 saturated carbocycles. The summed E-state index contributed by atoms with van der Waals surface area (Å²) in [6.45, 7) is 1.64. The molecule has 2 amide bonds. The van der Waals surface area contributed by atoms with E-state index >= 15 is 0 Å². The molecule has 12 heteroatoms. The molecule has 9 nitrogen and oxygen atoms in total. The third kappa shape index (κ3) is 8.16. The molecule has 5 atom stereocenters. The minimum absolute atomic E-state index is 0.0401. The third-order valence-electron chi connectivity index (χ3n) is 9.79. The summed E-state index contributed by atoms with van der Waals surface area (Å²) in [7, 11) is 0.